The first kappa shape index (κ1) is 12.8. The van der Waals surface area contributed by atoms with Gasteiger partial charge < -0.3 is 14.0 Å². The Morgan fingerprint density at radius 3 is 2.50 bits per heavy atom. The van der Waals surface area contributed by atoms with E-state index in [4.69, 9.17) is 9.47 Å². The fraction of sp³-hybridized carbons (Fsp3) is 0.312. The van der Waals surface area contributed by atoms with E-state index in [1.165, 1.54) is 11.4 Å². The van der Waals surface area contributed by atoms with Crippen LogP contribution in [0.25, 0.3) is 11.3 Å². The monoisotopic (exact) mass is 270 g/mol. The molecule has 1 aromatic carbocycles. The van der Waals surface area contributed by atoms with Crippen LogP contribution in [0, 0.1) is 0 Å². The molecule has 3 rings (SSSR count). The Labute approximate surface area is 118 Å². The lowest BCUT2D eigenvalue weighted by molar-refractivity contribution is 0.355. The number of nitrogens with zero attached hydrogens (tertiary/aromatic N) is 2. The van der Waals surface area contributed by atoms with Crippen molar-refractivity contribution >= 4 is 5.71 Å². The summed E-state index contributed by atoms with van der Waals surface area (Å²) in [6.45, 7) is 3.82. The molecular weight excluding hydrogens is 252 g/mol. The SMILES string of the molecule is COc1ccc(-c2ccc3n2CCN=C3C)cc1OC. The average molecular weight is 270 g/mol. The summed E-state index contributed by atoms with van der Waals surface area (Å²) in [7, 11) is 3.31. The minimum absolute atomic E-state index is 0.749. The number of benzene rings is 1. The molecule has 0 fully saturated rings. The molecule has 0 amide bonds. The Morgan fingerprint density at radius 2 is 1.75 bits per heavy atom. The van der Waals surface area contributed by atoms with Crippen LogP contribution in [0.2, 0.25) is 0 Å². The van der Waals surface area contributed by atoms with Gasteiger partial charge in [-0.3, -0.25) is 4.99 Å². The molecule has 0 radical (unpaired) electrons. The summed E-state index contributed by atoms with van der Waals surface area (Å²) in [5, 5.41) is 0. The smallest absolute Gasteiger partial charge is 0.161 e. The van der Waals surface area contributed by atoms with E-state index in [0.717, 1.165) is 35.9 Å². The predicted molar refractivity (Wildman–Crippen MR) is 80.1 cm³/mol. The van der Waals surface area contributed by atoms with E-state index >= 15 is 0 Å². The number of fused-ring (bicyclic) bond motifs is 1. The van der Waals surface area contributed by atoms with Crippen molar-refractivity contribution in [1.29, 1.82) is 0 Å². The van der Waals surface area contributed by atoms with Gasteiger partial charge in [0.25, 0.3) is 0 Å². The number of ether oxygens (including phenoxy) is 2. The number of aromatic nitrogens is 1. The van der Waals surface area contributed by atoms with Crippen molar-refractivity contribution in [3.63, 3.8) is 0 Å². The van der Waals surface area contributed by atoms with Crippen LogP contribution < -0.4 is 9.47 Å². The summed E-state index contributed by atoms with van der Waals surface area (Å²) in [5.74, 6) is 1.50. The molecule has 0 aliphatic carbocycles. The van der Waals surface area contributed by atoms with E-state index in [1.807, 2.05) is 12.1 Å². The third-order valence-corrected chi connectivity index (χ3v) is 3.70. The minimum atomic E-state index is 0.749. The van der Waals surface area contributed by atoms with Crippen molar-refractivity contribution in [3.05, 3.63) is 36.0 Å². The highest BCUT2D eigenvalue weighted by atomic mass is 16.5. The largest absolute Gasteiger partial charge is 0.493 e. The van der Waals surface area contributed by atoms with Gasteiger partial charge in [0, 0.05) is 17.8 Å². The third-order valence-electron chi connectivity index (χ3n) is 3.70. The summed E-state index contributed by atoms with van der Waals surface area (Å²) in [6, 6.07) is 10.3. The molecule has 0 N–H and O–H groups in total. The second-order valence-corrected chi connectivity index (χ2v) is 4.79. The summed E-state index contributed by atoms with van der Waals surface area (Å²) >= 11 is 0. The molecule has 20 heavy (non-hydrogen) atoms. The molecular formula is C16H18N2O2. The van der Waals surface area contributed by atoms with Gasteiger partial charge in [-0.15, -0.1) is 0 Å². The maximum Gasteiger partial charge on any atom is 0.161 e. The van der Waals surface area contributed by atoms with Crippen LogP contribution in [0.4, 0.5) is 0 Å². The number of methoxy groups -OCH3 is 2. The zero-order valence-corrected chi connectivity index (χ0v) is 12.0. The third kappa shape index (κ3) is 1.97. The first-order chi connectivity index (χ1) is 9.74. The lowest BCUT2D eigenvalue weighted by atomic mass is 10.1. The van der Waals surface area contributed by atoms with Gasteiger partial charge in [-0.25, -0.2) is 0 Å². The van der Waals surface area contributed by atoms with Crippen LogP contribution in [-0.4, -0.2) is 31.0 Å². The van der Waals surface area contributed by atoms with Crippen molar-refractivity contribution in [2.45, 2.75) is 13.5 Å². The lowest BCUT2D eigenvalue weighted by Crippen LogP contribution is -2.16. The maximum absolute atomic E-state index is 5.38. The summed E-state index contributed by atoms with van der Waals surface area (Å²) in [4.78, 5) is 4.49. The Bertz CT molecular complexity index is 671. The van der Waals surface area contributed by atoms with Crippen LogP contribution in [-0.2, 0) is 6.54 Å². The molecule has 0 saturated heterocycles. The molecule has 0 spiro atoms. The molecule has 4 heteroatoms. The molecule has 0 saturated carbocycles. The Morgan fingerprint density at radius 1 is 1.00 bits per heavy atom. The fourth-order valence-electron chi connectivity index (χ4n) is 2.67. The number of hydrogen-bond acceptors (Lipinski definition) is 3. The zero-order chi connectivity index (χ0) is 14.1. The van der Waals surface area contributed by atoms with Crippen LogP contribution in [0.1, 0.15) is 12.6 Å². The van der Waals surface area contributed by atoms with Gasteiger partial charge in [0.2, 0.25) is 0 Å². The maximum atomic E-state index is 5.38. The first-order valence-corrected chi connectivity index (χ1v) is 6.68. The Kier molecular flexibility index (Phi) is 3.22. The molecule has 4 nitrogen and oxygen atoms in total. The molecule has 0 unspecified atom stereocenters. The topological polar surface area (TPSA) is 35.8 Å². The van der Waals surface area contributed by atoms with Crippen LogP contribution in [0.15, 0.2) is 35.3 Å². The van der Waals surface area contributed by atoms with Gasteiger partial charge in [-0.2, -0.15) is 0 Å². The molecule has 2 heterocycles. The summed E-state index contributed by atoms with van der Waals surface area (Å²) in [6.07, 6.45) is 0. The van der Waals surface area contributed by atoms with E-state index in [9.17, 15) is 0 Å². The highest BCUT2D eigenvalue weighted by molar-refractivity contribution is 5.98. The molecule has 1 aliphatic heterocycles. The van der Waals surface area contributed by atoms with Gasteiger partial charge in [0.05, 0.1) is 32.2 Å². The molecule has 0 atom stereocenters. The van der Waals surface area contributed by atoms with E-state index < -0.39 is 0 Å². The van der Waals surface area contributed by atoms with E-state index in [2.05, 4.69) is 34.7 Å². The van der Waals surface area contributed by atoms with Crippen molar-refractivity contribution in [1.82, 2.24) is 4.57 Å². The van der Waals surface area contributed by atoms with E-state index in [1.54, 1.807) is 14.2 Å². The number of hydrogen-bond donors (Lipinski definition) is 0. The quantitative estimate of drug-likeness (QED) is 0.859. The van der Waals surface area contributed by atoms with Crippen molar-refractivity contribution in [2.75, 3.05) is 20.8 Å². The van der Waals surface area contributed by atoms with E-state index in [-0.39, 0.29) is 0 Å². The lowest BCUT2D eigenvalue weighted by Gasteiger charge is -2.17. The minimum Gasteiger partial charge on any atom is -0.493 e. The normalized spacial score (nSPS) is 13.7. The number of aliphatic imine (C=N–C) groups is 1. The second-order valence-electron chi connectivity index (χ2n) is 4.79. The van der Waals surface area contributed by atoms with Crippen molar-refractivity contribution in [3.8, 4) is 22.8 Å². The average Bonchev–Trinajstić information content (AvgIpc) is 2.92. The van der Waals surface area contributed by atoms with Crippen molar-refractivity contribution < 1.29 is 9.47 Å². The summed E-state index contributed by atoms with van der Waals surface area (Å²) in [5.41, 5.74) is 4.61. The van der Waals surface area contributed by atoms with E-state index in [0.29, 0.717) is 0 Å². The fourth-order valence-corrected chi connectivity index (χ4v) is 2.67. The molecule has 0 bridgehead atoms. The second kappa shape index (κ2) is 5.04. The molecule has 1 aromatic heterocycles. The number of rotatable bonds is 3. The standard InChI is InChI=1S/C16H18N2O2/c1-11-13-5-6-14(18(13)9-8-17-11)12-4-7-15(19-2)16(10-12)20-3/h4-7,10H,8-9H2,1-3H3. The van der Waals surface area contributed by atoms with Gasteiger partial charge in [0.1, 0.15) is 0 Å². The first-order valence-electron chi connectivity index (χ1n) is 6.68. The highest BCUT2D eigenvalue weighted by Gasteiger charge is 2.16. The predicted octanol–water partition coefficient (Wildman–Crippen LogP) is 2.99. The van der Waals surface area contributed by atoms with Gasteiger partial charge in [-0.1, -0.05) is 0 Å². The van der Waals surface area contributed by atoms with Crippen LogP contribution >= 0.6 is 0 Å². The van der Waals surface area contributed by atoms with Crippen LogP contribution in [0.3, 0.4) is 0 Å². The van der Waals surface area contributed by atoms with Gasteiger partial charge >= 0.3 is 0 Å². The van der Waals surface area contributed by atoms with Gasteiger partial charge in [-0.05, 0) is 37.3 Å². The Balaban J connectivity index is 2.08. The van der Waals surface area contributed by atoms with Gasteiger partial charge in [0.15, 0.2) is 11.5 Å². The Hall–Kier alpha value is -2.23. The molecule has 104 valence electrons. The molecule has 1 aliphatic rings. The highest BCUT2D eigenvalue weighted by Crippen LogP contribution is 2.33. The van der Waals surface area contributed by atoms with Crippen LogP contribution in [0.5, 0.6) is 11.5 Å². The summed E-state index contributed by atoms with van der Waals surface area (Å²) < 4.78 is 13.0. The zero-order valence-electron chi connectivity index (χ0n) is 12.0. The molecule has 2 aromatic rings. The van der Waals surface area contributed by atoms with Crippen molar-refractivity contribution in [2.24, 2.45) is 4.99 Å².